The van der Waals surface area contributed by atoms with Gasteiger partial charge in [0.25, 0.3) is 0 Å². The van der Waals surface area contributed by atoms with Gasteiger partial charge in [-0.1, -0.05) is 56.6 Å². The molecule has 0 spiro atoms. The van der Waals surface area contributed by atoms with Gasteiger partial charge in [-0.25, -0.2) is 0 Å². The number of hydrogen-bond acceptors (Lipinski definition) is 0. The van der Waals surface area contributed by atoms with Crippen molar-refractivity contribution < 1.29 is 0 Å². The Bertz CT molecular complexity index is 121. The Labute approximate surface area is 64.6 Å². The lowest BCUT2D eigenvalue weighted by Gasteiger charge is -2.41. The lowest BCUT2D eigenvalue weighted by atomic mass is 9.36. The van der Waals surface area contributed by atoms with Crippen molar-refractivity contribution in [1.82, 2.24) is 0 Å². The van der Waals surface area contributed by atoms with Crippen LogP contribution in [0.15, 0.2) is 0 Å². The Hall–Kier alpha value is 0.0649. The molecular formula is C9H17B. The highest BCUT2D eigenvalue weighted by molar-refractivity contribution is 6.42. The van der Waals surface area contributed by atoms with Crippen molar-refractivity contribution in [3.05, 3.63) is 0 Å². The molecule has 2 rings (SSSR count). The van der Waals surface area contributed by atoms with E-state index in [1.165, 1.54) is 38.5 Å². The first-order chi connectivity index (χ1) is 4.79. The van der Waals surface area contributed by atoms with Crippen molar-refractivity contribution in [2.24, 2.45) is 0 Å². The van der Waals surface area contributed by atoms with E-state index < -0.39 is 0 Å². The third kappa shape index (κ3) is 1.11. The molecule has 2 bridgehead atoms. The number of fused-ring (bicyclic) bond motifs is 2. The Morgan fingerprint density at radius 3 is 2.20 bits per heavy atom. The van der Waals surface area contributed by atoms with Crippen LogP contribution in [-0.2, 0) is 0 Å². The molecule has 2 fully saturated rings. The van der Waals surface area contributed by atoms with Crippen LogP contribution in [-0.4, -0.2) is 7.28 Å². The third-order valence-corrected chi connectivity index (χ3v) is 3.57. The maximum Gasteiger partial charge on any atom is 0.131 e. The Kier molecular flexibility index (Phi) is 1.54. The van der Waals surface area contributed by atoms with Gasteiger partial charge in [0.1, 0.15) is 7.28 Å². The minimum atomic E-state index is 0.779. The molecule has 2 saturated heterocycles. The summed E-state index contributed by atoms with van der Waals surface area (Å²) in [5.74, 6) is 1.12. The van der Waals surface area contributed by atoms with Crippen molar-refractivity contribution in [3.8, 4) is 0 Å². The average molecular weight is 136 g/mol. The lowest BCUT2D eigenvalue weighted by molar-refractivity contribution is 0.370. The second-order valence-corrected chi connectivity index (χ2v) is 4.67. The molecule has 0 aromatic heterocycles. The van der Waals surface area contributed by atoms with Gasteiger partial charge < -0.3 is 0 Å². The molecule has 2 heterocycles. The van der Waals surface area contributed by atoms with E-state index in [4.69, 9.17) is 0 Å². The van der Waals surface area contributed by atoms with Crippen molar-refractivity contribution in [1.29, 1.82) is 0 Å². The van der Waals surface area contributed by atoms with Gasteiger partial charge in [-0.2, -0.15) is 0 Å². The van der Waals surface area contributed by atoms with Gasteiger partial charge in [0, 0.05) is 0 Å². The van der Waals surface area contributed by atoms with Crippen LogP contribution in [0.2, 0.25) is 11.1 Å². The van der Waals surface area contributed by atoms with Crippen molar-refractivity contribution >= 4 is 7.28 Å². The first kappa shape index (κ1) is 6.76. The van der Waals surface area contributed by atoms with Crippen LogP contribution in [0.25, 0.3) is 0 Å². The maximum absolute atomic E-state index is 2.50. The van der Waals surface area contributed by atoms with E-state index >= 15 is 0 Å². The molecule has 0 aromatic carbocycles. The summed E-state index contributed by atoms with van der Waals surface area (Å²) in [5.41, 5.74) is 0. The fraction of sp³-hybridized carbons (Fsp3) is 1.00. The predicted molar refractivity (Wildman–Crippen MR) is 47.0 cm³/mol. The second-order valence-electron chi connectivity index (χ2n) is 4.67. The fourth-order valence-electron chi connectivity index (χ4n) is 3.01. The summed E-state index contributed by atoms with van der Waals surface area (Å²) in [6.07, 6.45) is 9.14. The van der Waals surface area contributed by atoms with Crippen molar-refractivity contribution in [2.75, 3.05) is 0 Å². The maximum atomic E-state index is 2.50. The Morgan fingerprint density at radius 2 is 1.80 bits per heavy atom. The molecule has 1 heteroatoms. The van der Waals surface area contributed by atoms with Gasteiger partial charge in [0.15, 0.2) is 0 Å². The molecule has 2 aliphatic rings. The third-order valence-electron chi connectivity index (χ3n) is 3.57. The molecule has 0 aromatic rings. The smallest absolute Gasteiger partial charge is 0.0666 e. The van der Waals surface area contributed by atoms with Crippen molar-refractivity contribution in [3.63, 3.8) is 0 Å². The molecule has 56 valence electrons. The standard InChI is InChI=1S/C9H17B/c1-9-6-2-4-8(10-9)5-3-7-9/h8,10H,2-7H2,1H3. The zero-order valence-electron chi connectivity index (χ0n) is 7.03. The minimum absolute atomic E-state index is 0.779. The molecule has 0 nitrogen and oxygen atoms in total. The summed E-state index contributed by atoms with van der Waals surface area (Å²) < 4.78 is 0. The SMILES string of the molecule is CC12BC(CCC1)CCC2. The van der Waals surface area contributed by atoms with Crippen LogP contribution in [0.4, 0.5) is 0 Å². The zero-order chi connectivity index (χ0) is 7.03. The summed E-state index contributed by atoms with van der Waals surface area (Å²) in [4.78, 5) is 0. The van der Waals surface area contributed by atoms with E-state index in [1.807, 2.05) is 0 Å². The van der Waals surface area contributed by atoms with Crippen molar-refractivity contribution in [2.45, 2.75) is 56.6 Å². The molecule has 0 unspecified atom stereocenters. The minimum Gasteiger partial charge on any atom is -0.0666 e. The first-order valence-electron chi connectivity index (χ1n) is 4.79. The van der Waals surface area contributed by atoms with Gasteiger partial charge in [-0.3, -0.25) is 0 Å². The van der Waals surface area contributed by atoms with Gasteiger partial charge in [-0.05, 0) is 0 Å². The van der Waals surface area contributed by atoms with Gasteiger partial charge in [0.05, 0.1) is 0 Å². The van der Waals surface area contributed by atoms with Crippen LogP contribution >= 0.6 is 0 Å². The fourth-order valence-corrected chi connectivity index (χ4v) is 3.01. The molecule has 10 heavy (non-hydrogen) atoms. The number of hydrogen-bond donors (Lipinski definition) is 0. The van der Waals surface area contributed by atoms with Crippen LogP contribution in [0.1, 0.15) is 45.4 Å². The lowest BCUT2D eigenvalue weighted by Crippen LogP contribution is -2.29. The Balaban J connectivity index is 2.07. The summed E-state index contributed by atoms with van der Waals surface area (Å²) >= 11 is 0. The highest BCUT2D eigenvalue weighted by Crippen LogP contribution is 2.50. The highest BCUT2D eigenvalue weighted by Gasteiger charge is 2.36. The summed E-state index contributed by atoms with van der Waals surface area (Å²) in [5, 5.41) is 0.779. The number of rotatable bonds is 0. The van der Waals surface area contributed by atoms with Crippen LogP contribution in [0.5, 0.6) is 0 Å². The largest absolute Gasteiger partial charge is 0.131 e. The molecular weight excluding hydrogens is 119 g/mol. The van der Waals surface area contributed by atoms with Gasteiger partial charge >= 0.3 is 0 Å². The van der Waals surface area contributed by atoms with E-state index in [9.17, 15) is 0 Å². The summed E-state index contributed by atoms with van der Waals surface area (Å²) in [6, 6.07) is 0. The predicted octanol–water partition coefficient (Wildman–Crippen LogP) is 2.76. The monoisotopic (exact) mass is 136 g/mol. The van der Waals surface area contributed by atoms with E-state index in [0.717, 1.165) is 11.1 Å². The van der Waals surface area contributed by atoms with Gasteiger partial charge in [-0.15, -0.1) is 0 Å². The molecule has 0 N–H and O–H groups in total. The van der Waals surface area contributed by atoms with Crippen LogP contribution in [0, 0.1) is 0 Å². The summed E-state index contributed by atoms with van der Waals surface area (Å²) in [6.45, 7) is 2.50. The molecule has 0 aliphatic carbocycles. The first-order valence-corrected chi connectivity index (χ1v) is 4.79. The molecule has 0 atom stereocenters. The van der Waals surface area contributed by atoms with E-state index in [-0.39, 0.29) is 0 Å². The van der Waals surface area contributed by atoms with Gasteiger partial charge in [0.2, 0.25) is 0 Å². The normalized spacial score (nSPS) is 46.3. The molecule has 0 amide bonds. The Morgan fingerprint density at radius 1 is 1.20 bits per heavy atom. The molecule has 0 saturated carbocycles. The molecule has 0 radical (unpaired) electrons. The summed E-state index contributed by atoms with van der Waals surface area (Å²) in [7, 11) is 1.55. The topological polar surface area (TPSA) is 0 Å². The van der Waals surface area contributed by atoms with E-state index in [0.29, 0.717) is 0 Å². The quantitative estimate of drug-likeness (QED) is 0.449. The van der Waals surface area contributed by atoms with E-state index in [2.05, 4.69) is 6.92 Å². The highest BCUT2D eigenvalue weighted by atomic mass is 14.3. The van der Waals surface area contributed by atoms with Crippen LogP contribution in [0.3, 0.4) is 0 Å². The average Bonchev–Trinajstić information content (AvgIpc) is 1.86. The second kappa shape index (κ2) is 2.28. The molecule has 2 aliphatic heterocycles. The van der Waals surface area contributed by atoms with Crippen LogP contribution < -0.4 is 0 Å². The van der Waals surface area contributed by atoms with E-state index in [1.54, 1.807) is 7.28 Å². The zero-order valence-corrected chi connectivity index (χ0v) is 7.03.